The van der Waals surface area contributed by atoms with E-state index in [0.717, 1.165) is 12.3 Å². The zero-order chi connectivity index (χ0) is 27.0. The predicted octanol–water partition coefficient (Wildman–Crippen LogP) is -12.0. The molecule has 2 unspecified atom stereocenters. The number of aliphatic hydroxyl groups is 6. The Kier molecular flexibility index (Phi) is 14.2. The summed E-state index contributed by atoms with van der Waals surface area (Å²) < 4.78 is 47.1. The van der Waals surface area contributed by atoms with Gasteiger partial charge in [-0.25, -0.2) is 9.11 Å². The third kappa shape index (κ3) is 8.81. The SMILES string of the molecule is O=c1ccn([C@@H]2O[C@H](COP(=O)([O-])OP(=O)([O-])O[C@H]3O[C@H](CO)[C@@H](O)[C@H](O)[C@@H]3O)[C@@H](O)[C@H]2O)c(=O)[nH]1.[Na+].[Na+]. The first-order valence-electron chi connectivity index (χ1n) is 9.96. The smallest absolute Gasteiger partial charge is 0.756 e. The van der Waals surface area contributed by atoms with Gasteiger partial charge in [-0.1, -0.05) is 0 Å². The summed E-state index contributed by atoms with van der Waals surface area (Å²) >= 11 is 0. The summed E-state index contributed by atoms with van der Waals surface area (Å²) in [6.45, 7) is -2.05. The van der Waals surface area contributed by atoms with Crippen molar-refractivity contribution >= 4 is 15.6 Å². The van der Waals surface area contributed by atoms with Crippen molar-refractivity contribution in [2.45, 2.75) is 55.2 Å². The van der Waals surface area contributed by atoms with E-state index in [1.165, 1.54) is 0 Å². The third-order valence-corrected chi connectivity index (χ3v) is 7.67. The maximum absolute atomic E-state index is 12.0. The number of phosphoric ester groups is 2. The minimum atomic E-state index is -5.90. The first-order valence-corrected chi connectivity index (χ1v) is 12.9. The van der Waals surface area contributed by atoms with E-state index in [2.05, 4.69) is 13.4 Å². The average molecular weight is 610 g/mol. The van der Waals surface area contributed by atoms with E-state index >= 15 is 0 Å². The summed E-state index contributed by atoms with van der Waals surface area (Å²) in [4.78, 5) is 48.9. The molecule has 3 heterocycles. The van der Waals surface area contributed by atoms with Gasteiger partial charge in [0, 0.05) is 12.3 Å². The second kappa shape index (κ2) is 14.7. The van der Waals surface area contributed by atoms with Gasteiger partial charge < -0.3 is 54.4 Å². The van der Waals surface area contributed by atoms with Gasteiger partial charge in [-0.15, -0.1) is 0 Å². The molecule has 0 spiro atoms. The van der Waals surface area contributed by atoms with E-state index in [0.29, 0.717) is 4.57 Å². The van der Waals surface area contributed by atoms with Crippen molar-refractivity contribution in [3.8, 4) is 0 Å². The number of aliphatic hydroxyl groups excluding tert-OH is 6. The Labute approximate surface area is 256 Å². The van der Waals surface area contributed by atoms with Gasteiger partial charge in [0.2, 0.25) is 0 Å². The summed E-state index contributed by atoms with van der Waals surface area (Å²) in [6, 6.07) is 0.911. The van der Waals surface area contributed by atoms with E-state index in [1.807, 2.05) is 4.98 Å². The second-order valence-electron chi connectivity index (χ2n) is 7.64. The van der Waals surface area contributed by atoms with Crippen molar-refractivity contribution in [3.63, 3.8) is 0 Å². The van der Waals surface area contributed by atoms with Crippen LogP contribution >= 0.6 is 15.6 Å². The summed E-state index contributed by atoms with van der Waals surface area (Å²) in [5, 5.41) is 58.4. The number of aromatic amines is 1. The molecule has 0 aromatic carbocycles. The van der Waals surface area contributed by atoms with Gasteiger partial charge in [-0.05, 0) is 0 Å². The molecular weight excluding hydrogens is 588 g/mol. The monoisotopic (exact) mass is 610 g/mol. The number of phosphoric acid groups is 2. The first kappa shape index (κ1) is 36.6. The number of ether oxygens (including phenoxy) is 2. The number of hydrogen-bond acceptors (Lipinski definition) is 17. The molecule has 2 fully saturated rings. The molecule has 0 aliphatic carbocycles. The molecule has 2 aliphatic rings. The summed E-state index contributed by atoms with van der Waals surface area (Å²) in [7, 11) is -11.7. The van der Waals surface area contributed by atoms with Crippen LogP contribution in [0, 0.1) is 0 Å². The Morgan fingerprint density at radius 2 is 1.53 bits per heavy atom. The molecule has 19 nitrogen and oxygen atoms in total. The Morgan fingerprint density at radius 3 is 2.11 bits per heavy atom. The molecule has 0 bridgehead atoms. The Morgan fingerprint density at radius 1 is 0.921 bits per heavy atom. The van der Waals surface area contributed by atoms with Crippen molar-refractivity contribution in [1.29, 1.82) is 0 Å². The molecule has 0 saturated carbocycles. The van der Waals surface area contributed by atoms with Crippen molar-refractivity contribution in [2.24, 2.45) is 0 Å². The van der Waals surface area contributed by atoms with Crippen molar-refractivity contribution in [2.75, 3.05) is 13.2 Å². The molecule has 1 aromatic rings. The van der Waals surface area contributed by atoms with Crippen LogP contribution in [0.1, 0.15) is 6.23 Å². The topological polar surface area (TPSA) is 303 Å². The molecule has 1 aromatic heterocycles. The van der Waals surface area contributed by atoms with Crippen LogP contribution in [0.5, 0.6) is 0 Å². The van der Waals surface area contributed by atoms with E-state index in [1.54, 1.807) is 0 Å². The molecule has 2 saturated heterocycles. The summed E-state index contributed by atoms with van der Waals surface area (Å²) in [5.41, 5.74) is -1.78. The van der Waals surface area contributed by atoms with Crippen LogP contribution in [-0.2, 0) is 32.0 Å². The normalized spacial score (nSPS) is 36.4. The van der Waals surface area contributed by atoms with E-state index < -0.39 is 95.4 Å². The Bertz CT molecular complexity index is 1140. The van der Waals surface area contributed by atoms with E-state index in [4.69, 9.17) is 14.6 Å². The van der Waals surface area contributed by atoms with Gasteiger partial charge in [0.1, 0.15) is 42.7 Å². The fourth-order valence-corrected chi connectivity index (χ4v) is 5.42. The van der Waals surface area contributed by atoms with Crippen LogP contribution in [0.2, 0.25) is 0 Å². The van der Waals surface area contributed by atoms with Crippen LogP contribution < -0.4 is 80.2 Å². The maximum atomic E-state index is 12.0. The molecule has 38 heavy (non-hydrogen) atoms. The number of nitrogens with zero attached hydrogens (tertiary/aromatic N) is 1. The molecular formula is C15H22N2Na2O17P2. The van der Waals surface area contributed by atoms with Crippen LogP contribution in [0.25, 0.3) is 0 Å². The largest absolute Gasteiger partial charge is 1.00 e. The van der Waals surface area contributed by atoms with Gasteiger partial charge >= 0.3 is 64.8 Å². The van der Waals surface area contributed by atoms with Crippen LogP contribution in [-0.4, -0.2) is 102 Å². The fourth-order valence-electron chi connectivity index (χ4n) is 3.34. The zero-order valence-electron chi connectivity index (χ0n) is 19.8. The first-order chi connectivity index (χ1) is 16.7. The van der Waals surface area contributed by atoms with Crippen LogP contribution in [0.3, 0.4) is 0 Å². The van der Waals surface area contributed by atoms with E-state index in [-0.39, 0.29) is 59.1 Å². The minimum absolute atomic E-state index is 0. The van der Waals surface area contributed by atoms with Gasteiger partial charge in [0.25, 0.3) is 21.2 Å². The van der Waals surface area contributed by atoms with Crippen LogP contribution in [0.15, 0.2) is 21.9 Å². The van der Waals surface area contributed by atoms with Crippen molar-refractivity contribution in [3.05, 3.63) is 33.1 Å². The number of rotatable bonds is 9. The molecule has 23 heteroatoms. The van der Waals surface area contributed by atoms with Crippen molar-refractivity contribution in [1.82, 2.24) is 9.55 Å². The van der Waals surface area contributed by atoms with Gasteiger partial charge in [0.15, 0.2) is 12.5 Å². The summed E-state index contributed by atoms with van der Waals surface area (Å²) in [5.74, 6) is 0. The molecule has 0 radical (unpaired) electrons. The third-order valence-electron chi connectivity index (χ3n) is 5.14. The van der Waals surface area contributed by atoms with Gasteiger partial charge in [-0.2, -0.15) is 0 Å². The molecule has 206 valence electrons. The molecule has 0 amide bonds. The zero-order valence-corrected chi connectivity index (χ0v) is 25.6. The van der Waals surface area contributed by atoms with Crippen LogP contribution in [0.4, 0.5) is 0 Å². The number of H-pyrrole nitrogens is 1. The maximum Gasteiger partial charge on any atom is 1.00 e. The minimum Gasteiger partial charge on any atom is -0.756 e. The Hall–Kier alpha value is 0.620. The second-order valence-corrected chi connectivity index (χ2v) is 10.5. The quantitative estimate of drug-likeness (QED) is 0.101. The number of aromatic nitrogens is 2. The number of hydrogen-bond donors (Lipinski definition) is 7. The molecule has 3 rings (SSSR count). The fraction of sp³-hybridized carbons (Fsp3) is 0.733. The average Bonchev–Trinajstić information content (AvgIpc) is 3.06. The molecule has 11 atom stereocenters. The molecule has 2 aliphatic heterocycles. The predicted molar refractivity (Wildman–Crippen MR) is 104 cm³/mol. The van der Waals surface area contributed by atoms with Gasteiger partial charge in [0.05, 0.1) is 13.2 Å². The van der Waals surface area contributed by atoms with Gasteiger partial charge in [-0.3, -0.25) is 28.0 Å². The van der Waals surface area contributed by atoms with Crippen molar-refractivity contribution < 1.29 is 132 Å². The standard InChI is InChI=1S/C15H24N2O17P2.2Na/c18-3-5-8(20)10(22)12(24)14(32-5)33-36(28,29)34-35(26,27)30-4-6-9(21)11(23)13(31-6)17-2-1-7(19)16-15(17)25;;/h1-2,5-6,8-14,18,20-24H,3-4H2,(H,26,27)(H,28,29)(H,16,19,25);;/q;2*+1/p-2/t5-,6-,8-,9-,10+,11-,12+,13-,14-;;/m1../s1. The Balaban J connectivity index is 0.00000361. The molecule has 7 N–H and O–H groups in total. The van der Waals surface area contributed by atoms with E-state index in [9.17, 15) is 54.0 Å². The summed E-state index contributed by atoms with van der Waals surface area (Å²) in [6.07, 6.45) is -15.8. The number of nitrogens with one attached hydrogen (secondary N) is 1.